The summed E-state index contributed by atoms with van der Waals surface area (Å²) in [5, 5.41) is 0. The van der Waals surface area contributed by atoms with Crippen LogP contribution in [0.3, 0.4) is 0 Å². The van der Waals surface area contributed by atoms with Crippen LogP contribution in [0.15, 0.2) is 0 Å². The summed E-state index contributed by atoms with van der Waals surface area (Å²) >= 11 is 0. The zero-order valence-corrected chi connectivity index (χ0v) is 21.5. The summed E-state index contributed by atoms with van der Waals surface area (Å²) in [7, 11) is 0. The minimum absolute atomic E-state index is 0.267. The molecule has 6 heteroatoms. The lowest BCUT2D eigenvalue weighted by Gasteiger charge is -2.38. The van der Waals surface area contributed by atoms with Gasteiger partial charge in [0.2, 0.25) is 0 Å². The lowest BCUT2D eigenvalue weighted by Crippen LogP contribution is -2.52. The van der Waals surface area contributed by atoms with Gasteiger partial charge in [-0.25, -0.2) is 0 Å². The molecule has 1 saturated carbocycles. The molecule has 1 aliphatic carbocycles. The molecule has 6 nitrogen and oxygen atoms in total. The van der Waals surface area contributed by atoms with Crippen molar-refractivity contribution >= 4 is 17.9 Å². The van der Waals surface area contributed by atoms with E-state index in [2.05, 4.69) is 20.8 Å². The van der Waals surface area contributed by atoms with Gasteiger partial charge in [0.05, 0.1) is 25.7 Å². The van der Waals surface area contributed by atoms with Crippen molar-refractivity contribution in [3.05, 3.63) is 0 Å². The van der Waals surface area contributed by atoms with Crippen LogP contribution >= 0.6 is 0 Å². The molecule has 1 unspecified atom stereocenters. The first-order chi connectivity index (χ1) is 16.0. The van der Waals surface area contributed by atoms with Gasteiger partial charge in [0, 0.05) is 0 Å². The smallest absolute Gasteiger partial charge is 0.324 e. The second kappa shape index (κ2) is 17.8. The van der Waals surface area contributed by atoms with Gasteiger partial charge in [-0.05, 0) is 32.1 Å². The predicted molar refractivity (Wildman–Crippen MR) is 130 cm³/mol. The Kier molecular flexibility index (Phi) is 15.9. The normalized spacial score (nSPS) is 17.4. The van der Waals surface area contributed by atoms with E-state index < -0.39 is 29.2 Å². The molecule has 1 rings (SSSR count). The van der Waals surface area contributed by atoms with Crippen molar-refractivity contribution in [1.29, 1.82) is 0 Å². The number of ether oxygens (including phenoxy) is 3. The Morgan fingerprint density at radius 2 is 1.09 bits per heavy atom. The van der Waals surface area contributed by atoms with Crippen LogP contribution in [0.25, 0.3) is 0 Å². The SMILES string of the molecule is CCCCCCOC(=O)C1CCCCC1(C(=O)OCCCCCC)C(=O)OCCCCCC. The molecule has 192 valence electrons. The van der Waals surface area contributed by atoms with Crippen LogP contribution in [-0.2, 0) is 28.6 Å². The molecule has 0 aromatic heterocycles. The van der Waals surface area contributed by atoms with E-state index in [0.29, 0.717) is 19.4 Å². The highest BCUT2D eigenvalue weighted by Crippen LogP contribution is 2.44. The number of esters is 3. The third-order valence-electron chi connectivity index (χ3n) is 6.63. The predicted octanol–water partition coefficient (Wildman–Crippen LogP) is 6.53. The zero-order chi connectivity index (χ0) is 24.4. The van der Waals surface area contributed by atoms with Gasteiger partial charge in [-0.15, -0.1) is 0 Å². The van der Waals surface area contributed by atoms with E-state index in [0.717, 1.165) is 83.5 Å². The van der Waals surface area contributed by atoms with Crippen LogP contribution in [-0.4, -0.2) is 37.7 Å². The van der Waals surface area contributed by atoms with Crippen LogP contribution in [0.5, 0.6) is 0 Å². The molecule has 0 radical (unpaired) electrons. The molecule has 0 aromatic carbocycles. The highest BCUT2D eigenvalue weighted by Gasteiger charge is 2.59. The summed E-state index contributed by atoms with van der Waals surface area (Å²) in [6.07, 6.45) is 14.0. The second-order valence-electron chi connectivity index (χ2n) is 9.39. The first-order valence-electron chi connectivity index (χ1n) is 13.6. The van der Waals surface area contributed by atoms with Gasteiger partial charge in [-0.2, -0.15) is 0 Å². The fourth-order valence-corrected chi connectivity index (χ4v) is 4.51. The first kappa shape index (κ1) is 29.4. The van der Waals surface area contributed by atoms with Gasteiger partial charge in [0.1, 0.15) is 0 Å². The van der Waals surface area contributed by atoms with Crippen molar-refractivity contribution in [2.75, 3.05) is 19.8 Å². The Balaban J connectivity index is 2.89. The molecule has 0 heterocycles. The quantitative estimate of drug-likeness (QED) is 0.0984. The summed E-state index contributed by atoms with van der Waals surface area (Å²) in [5.41, 5.74) is -1.58. The van der Waals surface area contributed by atoms with Crippen LogP contribution in [0.1, 0.15) is 124 Å². The van der Waals surface area contributed by atoms with E-state index in [9.17, 15) is 14.4 Å². The third kappa shape index (κ3) is 10.1. The first-order valence-corrected chi connectivity index (χ1v) is 13.6. The van der Waals surface area contributed by atoms with Gasteiger partial charge in [-0.1, -0.05) is 91.4 Å². The number of hydrogen-bond donors (Lipinski definition) is 0. The lowest BCUT2D eigenvalue weighted by molar-refractivity contribution is -0.187. The van der Waals surface area contributed by atoms with E-state index in [1.54, 1.807) is 0 Å². The van der Waals surface area contributed by atoms with Gasteiger partial charge >= 0.3 is 17.9 Å². The summed E-state index contributed by atoms with van der Waals surface area (Å²) in [6.45, 7) is 7.23. The molecule has 0 saturated heterocycles. The maximum atomic E-state index is 13.3. The average Bonchev–Trinajstić information content (AvgIpc) is 2.83. The van der Waals surface area contributed by atoms with E-state index in [4.69, 9.17) is 14.2 Å². The Hall–Kier alpha value is -1.59. The summed E-state index contributed by atoms with van der Waals surface area (Å²) < 4.78 is 16.7. The topological polar surface area (TPSA) is 78.9 Å². The Morgan fingerprint density at radius 3 is 1.55 bits per heavy atom. The average molecular weight is 469 g/mol. The van der Waals surface area contributed by atoms with Gasteiger partial charge in [0.25, 0.3) is 0 Å². The fraction of sp³-hybridized carbons (Fsp3) is 0.889. The third-order valence-corrected chi connectivity index (χ3v) is 6.63. The molecule has 0 N–H and O–H groups in total. The molecular formula is C27H48O6. The van der Waals surface area contributed by atoms with E-state index in [1.165, 1.54) is 0 Å². The van der Waals surface area contributed by atoms with Crippen molar-refractivity contribution in [2.45, 2.75) is 124 Å². The summed E-state index contributed by atoms with van der Waals surface area (Å²) in [4.78, 5) is 39.7. The largest absolute Gasteiger partial charge is 0.465 e. The van der Waals surface area contributed by atoms with Gasteiger partial charge in [-0.3, -0.25) is 14.4 Å². The van der Waals surface area contributed by atoms with E-state index in [1.807, 2.05) is 0 Å². The Morgan fingerprint density at radius 1 is 0.636 bits per heavy atom. The maximum Gasteiger partial charge on any atom is 0.324 e. The zero-order valence-electron chi connectivity index (χ0n) is 21.5. The molecule has 0 bridgehead atoms. The highest BCUT2D eigenvalue weighted by atomic mass is 16.6. The standard InChI is InChI=1S/C27H48O6/c1-4-7-10-15-20-31-24(28)23-18-13-14-19-27(23,25(29)32-21-16-11-8-5-2)26(30)33-22-17-12-9-6-3/h23H,4-22H2,1-3H3. The molecule has 1 atom stereocenters. The maximum absolute atomic E-state index is 13.3. The number of carbonyl (C=O) groups is 3. The molecule has 0 amide bonds. The minimum atomic E-state index is -1.58. The van der Waals surface area contributed by atoms with Crippen molar-refractivity contribution in [3.63, 3.8) is 0 Å². The number of hydrogen-bond acceptors (Lipinski definition) is 6. The molecule has 0 spiro atoms. The van der Waals surface area contributed by atoms with Crippen molar-refractivity contribution in [2.24, 2.45) is 11.3 Å². The fourth-order valence-electron chi connectivity index (χ4n) is 4.51. The molecule has 1 fully saturated rings. The van der Waals surface area contributed by atoms with E-state index in [-0.39, 0.29) is 19.6 Å². The van der Waals surface area contributed by atoms with Gasteiger partial charge < -0.3 is 14.2 Å². The number of unbranched alkanes of at least 4 members (excludes halogenated alkanes) is 9. The summed E-state index contributed by atoms with van der Waals surface area (Å²) in [6, 6.07) is 0. The monoisotopic (exact) mass is 468 g/mol. The number of carbonyl (C=O) groups excluding carboxylic acids is 3. The van der Waals surface area contributed by atoms with Crippen LogP contribution in [0, 0.1) is 11.3 Å². The molecule has 0 aromatic rings. The lowest BCUT2D eigenvalue weighted by atomic mass is 9.66. The number of rotatable bonds is 18. The van der Waals surface area contributed by atoms with Crippen LogP contribution < -0.4 is 0 Å². The van der Waals surface area contributed by atoms with E-state index >= 15 is 0 Å². The van der Waals surface area contributed by atoms with Crippen molar-refractivity contribution in [1.82, 2.24) is 0 Å². The Bertz CT molecular complexity index is 533. The molecule has 33 heavy (non-hydrogen) atoms. The highest BCUT2D eigenvalue weighted by molar-refractivity contribution is 6.04. The van der Waals surface area contributed by atoms with Gasteiger partial charge in [0.15, 0.2) is 5.41 Å². The van der Waals surface area contributed by atoms with Crippen molar-refractivity contribution in [3.8, 4) is 0 Å². The Labute approximate surface area is 201 Å². The molecular weight excluding hydrogens is 420 g/mol. The minimum Gasteiger partial charge on any atom is -0.465 e. The van der Waals surface area contributed by atoms with Crippen LogP contribution in [0.2, 0.25) is 0 Å². The summed E-state index contributed by atoms with van der Waals surface area (Å²) in [5.74, 6) is -2.50. The molecule has 0 aliphatic heterocycles. The second-order valence-corrected chi connectivity index (χ2v) is 9.39. The molecule has 1 aliphatic rings. The van der Waals surface area contributed by atoms with Crippen molar-refractivity contribution < 1.29 is 28.6 Å². The van der Waals surface area contributed by atoms with Crippen LogP contribution in [0.4, 0.5) is 0 Å².